The topological polar surface area (TPSA) is 33.1 Å². The Hall–Kier alpha value is -1.39. The van der Waals surface area contributed by atoms with Crippen LogP contribution in [0.15, 0.2) is 24.3 Å². The molecule has 0 spiro atoms. The molecule has 4 nitrogen and oxygen atoms in total. The smallest absolute Gasteiger partial charge is 0.113 e. The third-order valence-electron chi connectivity index (χ3n) is 5.48. The van der Waals surface area contributed by atoms with E-state index in [0.29, 0.717) is 5.92 Å². The molecule has 1 N–H and O–H groups in total. The second-order valence-corrected chi connectivity index (χ2v) is 7.04. The van der Waals surface area contributed by atoms with Gasteiger partial charge in [0.25, 0.3) is 0 Å². The molecule has 4 rings (SSSR count). The molecular formula is C19H28N4. The van der Waals surface area contributed by atoms with E-state index in [-0.39, 0.29) is 0 Å². The van der Waals surface area contributed by atoms with Crippen LogP contribution in [0.3, 0.4) is 0 Å². The summed E-state index contributed by atoms with van der Waals surface area (Å²) in [5.74, 6) is 1.94. The maximum absolute atomic E-state index is 5.02. The largest absolute Gasteiger partial charge is 0.326 e. The molecule has 1 aromatic carbocycles. The van der Waals surface area contributed by atoms with Crippen LogP contribution in [0, 0.1) is 0 Å². The van der Waals surface area contributed by atoms with Crippen LogP contribution in [0.2, 0.25) is 0 Å². The van der Waals surface area contributed by atoms with Crippen molar-refractivity contribution >= 4 is 11.0 Å². The molecular weight excluding hydrogens is 284 g/mol. The highest BCUT2D eigenvalue weighted by molar-refractivity contribution is 5.76. The molecule has 23 heavy (non-hydrogen) atoms. The fraction of sp³-hybridized carbons (Fsp3) is 0.632. The SMILES string of the molecule is c1ccc2c(c1)nc(C1CCNCC1)n2CCN1CCCCC1. The summed E-state index contributed by atoms with van der Waals surface area (Å²) in [6.45, 7) is 7.04. The van der Waals surface area contributed by atoms with Crippen molar-refractivity contribution in [2.75, 3.05) is 32.7 Å². The zero-order valence-corrected chi connectivity index (χ0v) is 14.0. The zero-order valence-electron chi connectivity index (χ0n) is 14.0. The molecule has 2 aromatic rings. The Morgan fingerprint density at radius 2 is 1.78 bits per heavy atom. The predicted octanol–water partition coefficient (Wildman–Crippen LogP) is 2.99. The van der Waals surface area contributed by atoms with Gasteiger partial charge in [-0.05, 0) is 64.0 Å². The van der Waals surface area contributed by atoms with Crippen LogP contribution in [-0.2, 0) is 6.54 Å². The summed E-state index contributed by atoms with van der Waals surface area (Å²) in [7, 11) is 0. The molecule has 0 amide bonds. The van der Waals surface area contributed by atoms with Gasteiger partial charge in [-0.25, -0.2) is 4.98 Å². The van der Waals surface area contributed by atoms with Crippen LogP contribution in [0.4, 0.5) is 0 Å². The number of rotatable bonds is 4. The first-order chi connectivity index (χ1) is 11.4. The van der Waals surface area contributed by atoms with Gasteiger partial charge in [0.15, 0.2) is 0 Å². The van der Waals surface area contributed by atoms with Gasteiger partial charge < -0.3 is 14.8 Å². The molecule has 0 aliphatic carbocycles. The molecule has 1 aromatic heterocycles. The zero-order chi connectivity index (χ0) is 15.5. The van der Waals surface area contributed by atoms with Gasteiger partial charge in [0, 0.05) is 19.0 Å². The molecule has 0 saturated carbocycles. The molecule has 0 atom stereocenters. The number of likely N-dealkylation sites (tertiary alicyclic amines) is 1. The number of imidazole rings is 1. The van der Waals surface area contributed by atoms with Crippen LogP contribution in [0.1, 0.15) is 43.8 Å². The summed E-state index contributed by atoms with van der Waals surface area (Å²) < 4.78 is 2.51. The van der Waals surface area contributed by atoms with E-state index in [0.717, 1.165) is 19.6 Å². The summed E-state index contributed by atoms with van der Waals surface area (Å²) >= 11 is 0. The van der Waals surface area contributed by atoms with Crippen molar-refractivity contribution in [3.05, 3.63) is 30.1 Å². The highest BCUT2D eigenvalue weighted by atomic mass is 15.2. The molecule has 124 valence electrons. The number of hydrogen-bond donors (Lipinski definition) is 1. The first-order valence-electron chi connectivity index (χ1n) is 9.30. The molecule has 2 aliphatic rings. The van der Waals surface area contributed by atoms with E-state index < -0.39 is 0 Å². The lowest BCUT2D eigenvalue weighted by molar-refractivity contribution is 0.220. The number of benzene rings is 1. The summed E-state index contributed by atoms with van der Waals surface area (Å²) in [6.07, 6.45) is 6.57. The third kappa shape index (κ3) is 3.29. The maximum Gasteiger partial charge on any atom is 0.113 e. The van der Waals surface area contributed by atoms with Crippen molar-refractivity contribution in [3.63, 3.8) is 0 Å². The van der Waals surface area contributed by atoms with Crippen molar-refractivity contribution in [1.82, 2.24) is 19.8 Å². The van der Waals surface area contributed by atoms with Crippen LogP contribution in [0.5, 0.6) is 0 Å². The average Bonchev–Trinajstić information content (AvgIpc) is 3.00. The minimum absolute atomic E-state index is 0.616. The predicted molar refractivity (Wildman–Crippen MR) is 94.9 cm³/mol. The van der Waals surface area contributed by atoms with Crippen molar-refractivity contribution in [2.24, 2.45) is 0 Å². The van der Waals surface area contributed by atoms with Gasteiger partial charge in [0.05, 0.1) is 11.0 Å². The van der Waals surface area contributed by atoms with Gasteiger partial charge >= 0.3 is 0 Å². The van der Waals surface area contributed by atoms with Gasteiger partial charge in [-0.15, -0.1) is 0 Å². The maximum atomic E-state index is 5.02. The molecule has 3 heterocycles. The molecule has 0 radical (unpaired) electrons. The van der Waals surface area contributed by atoms with Gasteiger partial charge in [0.1, 0.15) is 5.82 Å². The Morgan fingerprint density at radius 1 is 1.00 bits per heavy atom. The van der Waals surface area contributed by atoms with Crippen LogP contribution in [0.25, 0.3) is 11.0 Å². The monoisotopic (exact) mass is 312 g/mol. The number of nitrogens with zero attached hydrogens (tertiary/aromatic N) is 3. The lowest BCUT2D eigenvalue weighted by atomic mass is 9.97. The van der Waals surface area contributed by atoms with E-state index in [1.807, 2.05) is 0 Å². The van der Waals surface area contributed by atoms with Crippen molar-refractivity contribution in [2.45, 2.75) is 44.6 Å². The minimum atomic E-state index is 0.616. The number of nitrogens with one attached hydrogen (secondary N) is 1. The van der Waals surface area contributed by atoms with Crippen molar-refractivity contribution in [1.29, 1.82) is 0 Å². The Bertz CT molecular complexity index is 636. The van der Waals surface area contributed by atoms with Gasteiger partial charge in [-0.2, -0.15) is 0 Å². The highest BCUT2D eigenvalue weighted by Gasteiger charge is 2.22. The highest BCUT2D eigenvalue weighted by Crippen LogP contribution is 2.28. The van der Waals surface area contributed by atoms with Crippen LogP contribution in [-0.4, -0.2) is 47.2 Å². The first-order valence-corrected chi connectivity index (χ1v) is 9.30. The number of para-hydroxylation sites is 2. The van der Waals surface area contributed by atoms with E-state index in [9.17, 15) is 0 Å². The Kier molecular flexibility index (Phi) is 4.62. The molecule has 2 saturated heterocycles. The van der Waals surface area contributed by atoms with Crippen molar-refractivity contribution < 1.29 is 0 Å². The molecule has 4 heteroatoms. The number of aromatic nitrogens is 2. The number of fused-ring (bicyclic) bond motifs is 1. The lowest BCUT2D eigenvalue weighted by Gasteiger charge is -2.28. The van der Waals surface area contributed by atoms with Gasteiger partial charge in [-0.1, -0.05) is 18.6 Å². The molecule has 2 aliphatic heterocycles. The van der Waals surface area contributed by atoms with E-state index >= 15 is 0 Å². The van der Waals surface area contributed by atoms with E-state index in [1.165, 1.54) is 68.6 Å². The first kappa shape index (κ1) is 15.2. The van der Waals surface area contributed by atoms with Crippen molar-refractivity contribution in [3.8, 4) is 0 Å². The Balaban J connectivity index is 1.59. The quantitative estimate of drug-likeness (QED) is 0.942. The van der Waals surface area contributed by atoms with E-state index in [1.54, 1.807) is 0 Å². The molecule has 0 bridgehead atoms. The Morgan fingerprint density at radius 3 is 2.61 bits per heavy atom. The summed E-state index contributed by atoms with van der Waals surface area (Å²) in [4.78, 5) is 7.65. The van der Waals surface area contributed by atoms with E-state index in [4.69, 9.17) is 4.98 Å². The fourth-order valence-corrected chi connectivity index (χ4v) is 4.15. The van der Waals surface area contributed by atoms with E-state index in [2.05, 4.69) is 39.0 Å². The lowest BCUT2D eigenvalue weighted by Crippen LogP contribution is -2.33. The second kappa shape index (κ2) is 7.02. The normalized spacial score (nSPS) is 21.0. The number of hydrogen-bond acceptors (Lipinski definition) is 3. The second-order valence-electron chi connectivity index (χ2n) is 7.04. The third-order valence-corrected chi connectivity index (χ3v) is 5.48. The van der Waals surface area contributed by atoms with Gasteiger partial charge in [-0.3, -0.25) is 0 Å². The average molecular weight is 312 g/mol. The summed E-state index contributed by atoms with van der Waals surface area (Å²) in [5.41, 5.74) is 2.48. The Labute approximate surface area is 138 Å². The van der Waals surface area contributed by atoms with Crippen LogP contribution < -0.4 is 5.32 Å². The standard InChI is InChI=1S/C19H28N4/c1-4-12-22(13-5-1)14-15-23-18-7-3-2-6-17(18)21-19(23)16-8-10-20-11-9-16/h2-3,6-7,16,20H,1,4-5,8-15H2. The van der Waals surface area contributed by atoms with Crippen LogP contribution >= 0.6 is 0 Å². The fourth-order valence-electron chi connectivity index (χ4n) is 4.15. The van der Waals surface area contributed by atoms with Gasteiger partial charge in [0.2, 0.25) is 0 Å². The minimum Gasteiger partial charge on any atom is -0.326 e. The summed E-state index contributed by atoms with van der Waals surface area (Å²) in [5, 5.41) is 3.48. The molecule has 2 fully saturated rings. The molecule has 0 unspecified atom stereocenters. The summed E-state index contributed by atoms with van der Waals surface area (Å²) in [6, 6.07) is 8.66. The number of piperidine rings is 2.